The average Bonchev–Trinajstić information content (AvgIpc) is 3.52. The molecule has 1 fully saturated rings. The predicted molar refractivity (Wildman–Crippen MR) is 124 cm³/mol. The fourth-order valence-corrected chi connectivity index (χ4v) is 4.17. The third-order valence-electron chi connectivity index (χ3n) is 6.51. The Morgan fingerprint density at radius 2 is 1.28 bits per heavy atom. The number of benzene rings is 1. The topological polar surface area (TPSA) is 66.9 Å². The lowest BCUT2D eigenvalue weighted by Crippen LogP contribution is -2.32. The Morgan fingerprint density at radius 3 is 1.72 bits per heavy atom. The molecule has 0 bridgehead atoms. The van der Waals surface area contributed by atoms with Crippen molar-refractivity contribution in [1.29, 1.82) is 5.41 Å². The summed E-state index contributed by atoms with van der Waals surface area (Å²) in [6.07, 6.45) is 19.6. The van der Waals surface area contributed by atoms with Gasteiger partial charge in [-0.3, -0.25) is 10.2 Å². The summed E-state index contributed by atoms with van der Waals surface area (Å²) in [6, 6.07) is 8.47. The standard InChI is InChI=1S/C26H42N2O/c1-2-3-4-5-6-7-8-9-10-11-12-13-14-22-15-17-23(18-16-22)21-24(29)26(19-20-26)25(27)28/h15-18H,2-14,19-21H2,1H3,(H3,27,28). The highest BCUT2D eigenvalue weighted by atomic mass is 16.1. The molecule has 1 aromatic carbocycles. The van der Waals surface area contributed by atoms with Crippen LogP contribution in [0.15, 0.2) is 24.3 Å². The van der Waals surface area contributed by atoms with Gasteiger partial charge in [-0.1, -0.05) is 102 Å². The molecule has 3 nitrogen and oxygen atoms in total. The third kappa shape index (κ3) is 8.32. The van der Waals surface area contributed by atoms with Gasteiger partial charge in [0.1, 0.15) is 5.84 Å². The molecule has 1 aliphatic carbocycles. The summed E-state index contributed by atoms with van der Waals surface area (Å²) in [5.41, 5.74) is 7.38. The van der Waals surface area contributed by atoms with Crippen molar-refractivity contribution in [1.82, 2.24) is 0 Å². The summed E-state index contributed by atoms with van der Waals surface area (Å²) >= 11 is 0. The molecular formula is C26H42N2O. The van der Waals surface area contributed by atoms with Crippen molar-refractivity contribution < 1.29 is 4.79 Å². The van der Waals surface area contributed by atoms with Gasteiger partial charge in [0.15, 0.2) is 5.78 Å². The first-order chi connectivity index (χ1) is 14.1. The first-order valence-corrected chi connectivity index (χ1v) is 12.0. The third-order valence-corrected chi connectivity index (χ3v) is 6.51. The second-order valence-corrected chi connectivity index (χ2v) is 9.05. The molecule has 0 aromatic heterocycles. The average molecular weight is 399 g/mol. The monoisotopic (exact) mass is 398 g/mol. The van der Waals surface area contributed by atoms with Crippen LogP contribution < -0.4 is 5.73 Å². The molecule has 0 aliphatic heterocycles. The van der Waals surface area contributed by atoms with Gasteiger partial charge in [0.2, 0.25) is 0 Å². The quantitative estimate of drug-likeness (QED) is 0.173. The predicted octanol–water partition coefficient (Wildman–Crippen LogP) is 6.76. The van der Waals surface area contributed by atoms with E-state index in [1.165, 1.54) is 82.6 Å². The zero-order valence-electron chi connectivity index (χ0n) is 18.6. The molecule has 1 saturated carbocycles. The Morgan fingerprint density at radius 1 is 0.828 bits per heavy atom. The molecular weight excluding hydrogens is 356 g/mol. The van der Waals surface area contributed by atoms with E-state index in [-0.39, 0.29) is 11.6 Å². The van der Waals surface area contributed by atoms with Crippen molar-refractivity contribution in [3.63, 3.8) is 0 Å². The Hall–Kier alpha value is -1.64. The molecule has 0 amide bonds. The minimum atomic E-state index is -0.631. The summed E-state index contributed by atoms with van der Waals surface area (Å²) in [4.78, 5) is 12.4. The van der Waals surface area contributed by atoms with Crippen molar-refractivity contribution in [2.45, 2.75) is 110 Å². The summed E-state index contributed by atoms with van der Waals surface area (Å²) in [5, 5.41) is 7.64. The van der Waals surface area contributed by atoms with Crippen LogP contribution in [-0.2, 0) is 17.6 Å². The molecule has 0 spiro atoms. The molecule has 162 valence electrons. The van der Waals surface area contributed by atoms with Gasteiger partial charge in [-0.2, -0.15) is 0 Å². The van der Waals surface area contributed by atoms with Crippen LogP contribution in [0.3, 0.4) is 0 Å². The van der Waals surface area contributed by atoms with Crippen LogP contribution in [0.1, 0.15) is 108 Å². The van der Waals surface area contributed by atoms with Gasteiger partial charge in [-0.05, 0) is 36.8 Å². The molecule has 1 aliphatic rings. The maximum atomic E-state index is 12.4. The van der Waals surface area contributed by atoms with Gasteiger partial charge in [-0.25, -0.2) is 0 Å². The molecule has 1 aromatic rings. The van der Waals surface area contributed by atoms with Crippen LogP contribution in [0.25, 0.3) is 0 Å². The second-order valence-electron chi connectivity index (χ2n) is 9.05. The Balaban J connectivity index is 1.50. The van der Waals surface area contributed by atoms with Crippen molar-refractivity contribution in [3.8, 4) is 0 Å². The number of carbonyl (C=O) groups is 1. The number of aryl methyl sites for hydroxylation is 1. The molecule has 0 saturated heterocycles. The number of nitrogens with two attached hydrogens (primary N) is 1. The molecule has 0 heterocycles. The van der Waals surface area contributed by atoms with Gasteiger partial charge in [0, 0.05) is 6.42 Å². The lowest BCUT2D eigenvalue weighted by atomic mass is 9.93. The van der Waals surface area contributed by atoms with Gasteiger partial charge < -0.3 is 5.73 Å². The number of ketones is 1. The summed E-state index contributed by atoms with van der Waals surface area (Å²) in [7, 11) is 0. The number of hydrogen-bond acceptors (Lipinski definition) is 2. The van der Waals surface area contributed by atoms with E-state index in [1.807, 2.05) is 0 Å². The highest BCUT2D eigenvalue weighted by Crippen LogP contribution is 2.47. The van der Waals surface area contributed by atoms with E-state index in [2.05, 4.69) is 31.2 Å². The lowest BCUT2D eigenvalue weighted by Gasteiger charge is -2.12. The van der Waals surface area contributed by atoms with E-state index in [4.69, 9.17) is 11.1 Å². The number of Topliss-reactive ketones (excluding diaryl/α,β-unsaturated/α-hetero) is 1. The molecule has 0 atom stereocenters. The van der Waals surface area contributed by atoms with Crippen LogP contribution in [-0.4, -0.2) is 11.6 Å². The Bertz CT molecular complexity index is 616. The number of rotatable bonds is 17. The maximum absolute atomic E-state index is 12.4. The number of nitrogens with one attached hydrogen (secondary N) is 1. The van der Waals surface area contributed by atoms with Crippen LogP contribution >= 0.6 is 0 Å². The van der Waals surface area contributed by atoms with Crippen LogP contribution in [0.4, 0.5) is 0 Å². The molecule has 2 rings (SSSR count). The summed E-state index contributed by atoms with van der Waals surface area (Å²) < 4.78 is 0. The number of carbonyl (C=O) groups excluding carboxylic acids is 1. The van der Waals surface area contributed by atoms with Gasteiger partial charge in [-0.15, -0.1) is 0 Å². The number of unbranched alkanes of at least 4 members (excludes halogenated alkanes) is 11. The maximum Gasteiger partial charge on any atom is 0.150 e. The van der Waals surface area contributed by atoms with Crippen molar-refractivity contribution in [2.75, 3.05) is 0 Å². The van der Waals surface area contributed by atoms with Crippen molar-refractivity contribution >= 4 is 11.6 Å². The van der Waals surface area contributed by atoms with E-state index in [0.717, 1.165) is 24.8 Å². The number of hydrogen-bond donors (Lipinski definition) is 2. The highest BCUT2D eigenvalue weighted by molar-refractivity contribution is 6.09. The molecule has 29 heavy (non-hydrogen) atoms. The zero-order valence-corrected chi connectivity index (χ0v) is 18.6. The summed E-state index contributed by atoms with van der Waals surface area (Å²) in [6.45, 7) is 2.28. The van der Waals surface area contributed by atoms with Crippen LogP contribution in [0.2, 0.25) is 0 Å². The SMILES string of the molecule is CCCCCCCCCCCCCCc1ccc(CC(=O)C2(C(=N)N)CC2)cc1. The minimum absolute atomic E-state index is 0.0473. The van der Waals surface area contributed by atoms with E-state index >= 15 is 0 Å². The first-order valence-electron chi connectivity index (χ1n) is 12.0. The Kier molecular flexibility index (Phi) is 10.5. The highest BCUT2D eigenvalue weighted by Gasteiger charge is 2.52. The number of amidine groups is 1. The second kappa shape index (κ2) is 12.8. The van der Waals surface area contributed by atoms with Crippen LogP contribution in [0, 0.1) is 10.8 Å². The largest absolute Gasteiger partial charge is 0.387 e. The minimum Gasteiger partial charge on any atom is -0.387 e. The zero-order chi connectivity index (χ0) is 21.0. The fourth-order valence-electron chi connectivity index (χ4n) is 4.17. The van der Waals surface area contributed by atoms with Gasteiger partial charge in [0.05, 0.1) is 5.41 Å². The normalized spacial score (nSPS) is 14.7. The first kappa shape index (κ1) is 23.6. The lowest BCUT2D eigenvalue weighted by molar-refractivity contribution is -0.121. The fraction of sp³-hybridized carbons (Fsp3) is 0.692. The molecule has 0 unspecified atom stereocenters. The van der Waals surface area contributed by atoms with E-state index in [0.29, 0.717) is 6.42 Å². The van der Waals surface area contributed by atoms with Gasteiger partial charge >= 0.3 is 0 Å². The van der Waals surface area contributed by atoms with Crippen molar-refractivity contribution in [3.05, 3.63) is 35.4 Å². The van der Waals surface area contributed by atoms with E-state index in [9.17, 15) is 4.79 Å². The smallest absolute Gasteiger partial charge is 0.150 e. The molecule has 0 radical (unpaired) electrons. The van der Waals surface area contributed by atoms with Gasteiger partial charge in [0.25, 0.3) is 0 Å². The van der Waals surface area contributed by atoms with Crippen molar-refractivity contribution in [2.24, 2.45) is 11.1 Å². The Labute approximate surface area is 178 Å². The van der Waals surface area contributed by atoms with E-state index in [1.54, 1.807) is 0 Å². The molecule has 3 heteroatoms. The van der Waals surface area contributed by atoms with E-state index < -0.39 is 5.41 Å². The summed E-state index contributed by atoms with van der Waals surface area (Å²) in [5.74, 6) is 0.157. The van der Waals surface area contributed by atoms with Crippen LogP contribution in [0.5, 0.6) is 0 Å². The molecule has 3 N–H and O–H groups in total.